The Hall–Kier alpha value is -2.82. The molecular weight excluding hydrogens is 342 g/mol. The number of nitrogens with two attached hydrogens (primary N) is 1. The minimum atomic E-state index is -0.391. The second-order valence-electron chi connectivity index (χ2n) is 6.36. The van der Waals surface area contributed by atoms with Crippen LogP contribution in [0.15, 0.2) is 48.5 Å². The SMILES string of the molecule is CCOC(=O)CCCCOc1cc(Cc2ccccc2)ccc1CC(N)=O. The van der Waals surface area contributed by atoms with Gasteiger partial charge in [-0.05, 0) is 43.4 Å². The predicted octanol–water partition coefficient (Wildman–Crippen LogP) is 3.42. The minimum Gasteiger partial charge on any atom is -0.493 e. The number of carbonyl (C=O) groups excluding carboxylic acids is 2. The summed E-state index contributed by atoms with van der Waals surface area (Å²) in [5.74, 6) is 0.105. The number of unbranched alkanes of at least 4 members (excludes halogenated alkanes) is 1. The van der Waals surface area contributed by atoms with Crippen LogP contribution in [0.3, 0.4) is 0 Å². The Morgan fingerprint density at radius 2 is 1.78 bits per heavy atom. The van der Waals surface area contributed by atoms with Gasteiger partial charge in [-0.2, -0.15) is 0 Å². The minimum absolute atomic E-state index is 0.143. The van der Waals surface area contributed by atoms with E-state index in [1.165, 1.54) is 5.56 Å². The zero-order chi connectivity index (χ0) is 19.5. The number of ether oxygens (including phenoxy) is 2. The monoisotopic (exact) mass is 369 g/mol. The van der Waals surface area contributed by atoms with Gasteiger partial charge in [0.05, 0.1) is 19.6 Å². The van der Waals surface area contributed by atoms with E-state index in [1.807, 2.05) is 36.4 Å². The first kappa shape index (κ1) is 20.5. The lowest BCUT2D eigenvalue weighted by Gasteiger charge is -2.13. The molecule has 0 aromatic heterocycles. The first-order chi connectivity index (χ1) is 13.1. The van der Waals surface area contributed by atoms with Gasteiger partial charge in [0.1, 0.15) is 5.75 Å². The first-order valence-electron chi connectivity index (χ1n) is 9.31. The third kappa shape index (κ3) is 7.52. The zero-order valence-electron chi connectivity index (χ0n) is 15.8. The number of hydrogen-bond acceptors (Lipinski definition) is 4. The Morgan fingerprint density at radius 3 is 2.48 bits per heavy atom. The molecule has 0 aliphatic carbocycles. The van der Waals surface area contributed by atoms with Crippen LogP contribution in [0.1, 0.15) is 42.9 Å². The van der Waals surface area contributed by atoms with E-state index < -0.39 is 5.91 Å². The summed E-state index contributed by atoms with van der Waals surface area (Å²) < 4.78 is 10.8. The van der Waals surface area contributed by atoms with Crippen molar-refractivity contribution in [2.24, 2.45) is 5.73 Å². The molecule has 5 heteroatoms. The Labute approximate surface area is 160 Å². The van der Waals surface area contributed by atoms with Gasteiger partial charge in [0.2, 0.25) is 5.91 Å². The van der Waals surface area contributed by atoms with Crippen molar-refractivity contribution >= 4 is 11.9 Å². The molecule has 0 bridgehead atoms. The number of primary amides is 1. The molecule has 0 radical (unpaired) electrons. The molecule has 1 amide bonds. The summed E-state index contributed by atoms with van der Waals surface area (Å²) in [4.78, 5) is 22.7. The van der Waals surface area contributed by atoms with E-state index in [1.54, 1.807) is 6.92 Å². The van der Waals surface area contributed by atoms with Crippen LogP contribution >= 0.6 is 0 Å². The lowest BCUT2D eigenvalue weighted by molar-refractivity contribution is -0.143. The van der Waals surface area contributed by atoms with Gasteiger partial charge in [0.25, 0.3) is 0 Å². The maximum Gasteiger partial charge on any atom is 0.305 e. The summed E-state index contributed by atoms with van der Waals surface area (Å²) in [5.41, 5.74) is 8.45. The van der Waals surface area contributed by atoms with Gasteiger partial charge < -0.3 is 15.2 Å². The standard InChI is InChI=1S/C22H27NO4/c1-2-26-22(25)10-6-7-13-27-20-15-18(11-12-19(20)16-21(23)24)14-17-8-4-3-5-9-17/h3-5,8-9,11-12,15H,2,6-7,10,13-14,16H2,1H3,(H2,23,24). The lowest BCUT2D eigenvalue weighted by Crippen LogP contribution is -2.15. The van der Waals surface area contributed by atoms with E-state index in [-0.39, 0.29) is 12.4 Å². The number of amides is 1. The summed E-state index contributed by atoms with van der Waals surface area (Å²) in [6.45, 7) is 2.67. The van der Waals surface area contributed by atoms with Crippen molar-refractivity contribution in [2.45, 2.75) is 39.0 Å². The van der Waals surface area contributed by atoms with E-state index in [0.29, 0.717) is 31.8 Å². The number of carbonyl (C=O) groups is 2. The van der Waals surface area contributed by atoms with Crippen LogP contribution < -0.4 is 10.5 Å². The maximum atomic E-state index is 11.4. The van der Waals surface area contributed by atoms with Crippen molar-refractivity contribution in [2.75, 3.05) is 13.2 Å². The largest absolute Gasteiger partial charge is 0.493 e. The Bertz CT molecular complexity index is 743. The topological polar surface area (TPSA) is 78.6 Å². The van der Waals surface area contributed by atoms with Crippen LogP contribution in [0.5, 0.6) is 5.75 Å². The van der Waals surface area contributed by atoms with E-state index in [9.17, 15) is 9.59 Å². The lowest BCUT2D eigenvalue weighted by atomic mass is 10.0. The van der Waals surface area contributed by atoms with Crippen molar-refractivity contribution in [1.29, 1.82) is 0 Å². The number of benzene rings is 2. The highest BCUT2D eigenvalue weighted by Crippen LogP contribution is 2.23. The fraction of sp³-hybridized carbons (Fsp3) is 0.364. The van der Waals surface area contributed by atoms with E-state index >= 15 is 0 Å². The van der Waals surface area contributed by atoms with Crippen LogP contribution in [0.4, 0.5) is 0 Å². The molecule has 0 aliphatic heterocycles. The highest BCUT2D eigenvalue weighted by Gasteiger charge is 2.09. The van der Waals surface area contributed by atoms with Crippen molar-refractivity contribution in [1.82, 2.24) is 0 Å². The molecule has 2 aromatic carbocycles. The fourth-order valence-electron chi connectivity index (χ4n) is 2.80. The summed E-state index contributed by atoms with van der Waals surface area (Å²) in [7, 11) is 0. The number of hydrogen-bond donors (Lipinski definition) is 1. The molecule has 27 heavy (non-hydrogen) atoms. The van der Waals surface area contributed by atoms with Crippen molar-refractivity contribution < 1.29 is 19.1 Å². The smallest absolute Gasteiger partial charge is 0.305 e. The Morgan fingerprint density at radius 1 is 1.00 bits per heavy atom. The third-order valence-electron chi connectivity index (χ3n) is 4.09. The summed E-state index contributed by atoms with van der Waals surface area (Å²) in [6.07, 6.45) is 2.76. The molecule has 0 heterocycles. The van der Waals surface area contributed by atoms with Gasteiger partial charge in [0.15, 0.2) is 0 Å². The van der Waals surface area contributed by atoms with Crippen LogP contribution in [0, 0.1) is 0 Å². The van der Waals surface area contributed by atoms with Gasteiger partial charge in [-0.1, -0.05) is 42.5 Å². The molecule has 2 N–H and O–H groups in total. The average Bonchev–Trinajstić information content (AvgIpc) is 2.64. The molecule has 5 nitrogen and oxygen atoms in total. The van der Waals surface area contributed by atoms with E-state index in [2.05, 4.69) is 12.1 Å². The number of esters is 1. The Balaban J connectivity index is 1.97. The predicted molar refractivity (Wildman–Crippen MR) is 105 cm³/mol. The highest BCUT2D eigenvalue weighted by molar-refractivity contribution is 5.77. The van der Waals surface area contributed by atoms with Crippen LogP contribution in [0.25, 0.3) is 0 Å². The van der Waals surface area contributed by atoms with E-state index in [0.717, 1.165) is 24.0 Å². The van der Waals surface area contributed by atoms with Gasteiger partial charge in [-0.3, -0.25) is 9.59 Å². The van der Waals surface area contributed by atoms with Crippen LogP contribution in [0.2, 0.25) is 0 Å². The summed E-state index contributed by atoms with van der Waals surface area (Å²) in [5, 5.41) is 0. The molecule has 0 atom stereocenters. The van der Waals surface area contributed by atoms with Gasteiger partial charge in [-0.15, -0.1) is 0 Å². The molecule has 0 aliphatic rings. The summed E-state index contributed by atoms with van der Waals surface area (Å²) >= 11 is 0. The van der Waals surface area contributed by atoms with Crippen molar-refractivity contribution in [3.63, 3.8) is 0 Å². The molecule has 0 saturated carbocycles. The first-order valence-corrected chi connectivity index (χ1v) is 9.31. The van der Waals surface area contributed by atoms with Gasteiger partial charge >= 0.3 is 5.97 Å². The van der Waals surface area contributed by atoms with Crippen LogP contribution in [-0.2, 0) is 27.2 Å². The molecular formula is C22H27NO4. The third-order valence-corrected chi connectivity index (χ3v) is 4.09. The maximum absolute atomic E-state index is 11.4. The van der Waals surface area contributed by atoms with E-state index in [4.69, 9.17) is 15.2 Å². The van der Waals surface area contributed by atoms with Gasteiger partial charge in [0, 0.05) is 12.0 Å². The molecule has 2 aromatic rings. The Kier molecular flexibility index (Phi) is 8.36. The molecule has 0 fully saturated rings. The van der Waals surface area contributed by atoms with Crippen LogP contribution in [-0.4, -0.2) is 25.1 Å². The second-order valence-corrected chi connectivity index (χ2v) is 6.36. The normalized spacial score (nSPS) is 10.4. The zero-order valence-corrected chi connectivity index (χ0v) is 15.8. The van der Waals surface area contributed by atoms with Crippen molar-refractivity contribution in [3.05, 3.63) is 65.2 Å². The molecule has 144 valence electrons. The van der Waals surface area contributed by atoms with Gasteiger partial charge in [-0.25, -0.2) is 0 Å². The molecule has 0 spiro atoms. The molecule has 0 unspecified atom stereocenters. The highest BCUT2D eigenvalue weighted by atomic mass is 16.5. The molecule has 2 rings (SSSR count). The fourth-order valence-corrected chi connectivity index (χ4v) is 2.80. The summed E-state index contributed by atoms with van der Waals surface area (Å²) in [6, 6.07) is 16.0. The average molecular weight is 369 g/mol. The quantitative estimate of drug-likeness (QED) is 0.486. The second kappa shape index (κ2) is 11.0. The number of rotatable bonds is 11. The van der Waals surface area contributed by atoms with Crippen molar-refractivity contribution in [3.8, 4) is 5.75 Å². The molecule has 0 saturated heterocycles.